The predicted octanol–water partition coefficient (Wildman–Crippen LogP) is 1.79. The van der Waals surface area contributed by atoms with E-state index in [2.05, 4.69) is 15.4 Å². The topological polar surface area (TPSA) is 89.1 Å². The van der Waals surface area contributed by atoms with Gasteiger partial charge in [0.05, 0.1) is 19.3 Å². The molecule has 1 saturated heterocycles. The molecule has 2 N–H and O–H groups in total. The number of carbonyl (C=O) groups excluding carboxylic acids is 1. The van der Waals surface area contributed by atoms with E-state index in [1.807, 2.05) is 0 Å². The van der Waals surface area contributed by atoms with Gasteiger partial charge in [-0.05, 0) is 6.07 Å². The van der Waals surface area contributed by atoms with Crippen molar-refractivity contribution in [1.29, 1.82) is 0 Å². The number of hydrogen-bond donors (Lipinski definition) is 2. The van der Waals surface area contributed by atoms with Gasteiger partial charge in [-0.1, -0.05) is 6.07 Å². The van der Waals surface area contributed by atoms with E-state index < -0.39 is 29.9 Å². The summed E-state index contributed by atoms with van der Waals surface area (Å²) in [5, 5.41) is 7.82. The molecule has 1 aliphatic rings. The lowest BCUT2D eigenvalue weighted by Crippen LogP contribution is -2.52. The van der Waals surface area contributed by atoms with Crippen molar-refractivity contribution in [2.45, 2.75) is 24.7 Å². The maximum atomic E-state index is 12.6. The van der Waals surface area contributed by atoms with Crippen molar-refractivity contribution in [1.82, 2.24) is 20.5 Å². The smallest absolute Gasteiger partial charge is 0.432 e. The van der Waals surface area contributed by atoms with Crippen LogP contribution in [0.5, 0.6) is 5.88 Å². The molecule has 0 bridgehead atoms. The molecule has 2 aromatic heterocycles. The number of nitrogens with one attached hydrogen (secondary N) is 2. The Morgan fingerprint density at radius 3 is 2.92 bits per heavy atom. The summed E-state index contributed by atoms with van der Waals surface area (Å²) in [6, 6.07) is 5.31. The van der Waals surface area contributed by atoms with Crippen LogP contribution in [0, 0.1) is 0 Å². The lowest BCUT2D eigenvalue weighted by Gasteiger charge is -2.31. The highest BCUT2D eigenvalue weighted by atomic mass is 19.4. The van der Waals surface area contributed by atoms with Gasteiger partial charge in [0.1, 0.15) is 11.8 Å². The third kappa shape index (κ3) is 4.27. The molecule has 7 nitrogen and oxygen atoms in total. The molecule has 2 atom stereocenters. The molecule has 1 amide bonds. The second-order valence-corrected chi connectivity index (χ2v) is 5.43. The summed E-state index contributed by atoms with van der Waals surface area (Å²) in [6.45, 7) is 0.629. The number of carbonyl (C=O) groups is 1. The van der Waals surface area contributed by atoms with Gasteiger partial charge in [-0.25, -0.2) is 4.98 Å². The molecule has 0 aromatic carbocycles. The van der Waals surface area contributed by atoms with Gasteiger partial charge < -0.3 is 14.8 Å². The maximum absolute atomic E-state index is 12.6. The second kappa shape index (κ2) is 7.09. The number of alkyl halides is 3. The van der Waals surface area contributed by atoms with Gasteiger partial charge >= 0.3 is 6.18 Å². The number of nitrogens with zero attached hydrogens (tertiary/aromatic N) is 2. The van der Waals surface area contributed by atoms with Crippen molar-refractivity contribution in [2.24, 2.45) is 0 Å². The molecular weight excluding hydrogens is 341 g/mol. The number of pyridine rings is 1. The highest BCUT2D eigenvalue weighted by Gasteiger charge is 2.35. The molecule has 3 rings (SSSR count). The molecule has 0 spiro atoms. The van der Waals surface area contributed by atoms with E-state index >= 15 is 0 Å². The van der Waals surface area contributed by atoms with Crippen LogP contribution in [0.4, 0.5) is 13.2 Å². The molecule has 0 aliphatic carbocycles. The fourth-order valence-corrected chi connectivity index (χ4v) is 2.39. The summed E-state index contributed by atoms with van der Waals surface area (Å²) in [6.07, 6.45) is -2.92. The van der Waals surface area contributed by atoms with E-state index in [1.54, 1.807) is 29.5 Å². The summed E-state index contributed by atoms with van der Waals surface area (Å²) in [5.74, 6) is -0.343. The first-order valence-corrected chi connectivity index (χ1v) is 7.52. The molecule has 25 heavy (non-hydrogen) atoms. The Kier molecular flexibility index (Phi) is 4.88. The monoisotopic (exact) mass is 356 g/mol. The predicted molar refractivity (Wildman–Crippen MR) is 78.9 cm³/mol. The molecule has 0 unspecified atom stereocenters. The fourth-order valence-electron chi connectivity index (χ4n) is 2.39. The summed E-state index contributed by atoms with van der Waals surface area (Å²) in [7, 11) is 0. The minimum absolute atomic E-state index is 0.180. The zero-order chi connectivity index (χ0) is 17.9. The number of ether oxygens (including phenoxy) is 2. The Labute approximate surface area is 140 Å². The van der Waals surface area contributed by atoms with E-state index in [0.717, 1.165) is 0 Å². The van der Waals surface area contributed by atoms with Gasteiger partial charge in [-0.15, -0.1) is 0 Å². The van der Waals surface area contributed by atoms with E-state index in [1.165, 1.54) is 0 Å². The summed E-state index contributed by atoms with van der Waals surface area (Å²) < 4.78 is 48.8. The molecular formula is C15H15F3N4O3. The molecule has 2 aromatic rings. The summed E-state index contributed by atoms with van der Waals surface area (Å²) >= 11 is 0. The van der Waals surface area contributed by atoms with Gasteiger partial charge in [0.15, 0.2) is 5.69 Å². The summed E-state index contributed by atoms with van der Waals surface area (Å²) in [5.41, 5.74) is -1.44. The molecule has 10 heteroatoms. The Morgan fingerprint density at radius 2 is 2.24 bits per heavy atom. The number of rotatable bonds is 4. The normalized spacial score (nSPS) is 20.9. The average molecular weight is 356 g/mol. The van der Waals surface area contributed by atoms with Crippen LogP contribution in [0.3, 0.4) is 0 Å². The van der Waals surface area contributed by atoms with Gasteiger partial charge in [-0.2, -0.15) is 18.3 Å². The molecule has 1 aliphatic heterocycles. The van der Waals surface area contributed by atoms with Crippen LogP contribution in [-0.4, -0.2) is 46.4 Å². The van der Waals surface area contributed by atoms with E-state index in [9.17, 15) is 18.0 Å². The maximum Gasteiger partial charge on any atom is 0.432 e. The first-order chi connectivity index (χ1) is 11.9. The van der Waals surface area contributed by atoms with Crippen molar-refractivity contribution >= 4 is 5.91 Å². The van der Waals surface area contributed by atoms with Crippen LogP contribution in [0.1, 0.15) is 22.6 Å². The Morgan fingerprint density at radius 1 is 1.40 bits per heavy atom. The van der Waals surface area contributed by atoms with Crippen LogP contribution in [0.2, 0.25) is 0 Å². The van der Waals surface area contributed by atoms with Crippen molar-refractivity contribution < 1.29 is 27.4 Å². The number of aromatic nitrogens is 3. The van der Waals surface area contributed by atoms with Crippen LogP contribution >= 0.6 is 0 Å². The van der Waals surface area contributed by atoms with Gasteiger partial charge in [-0.3, -0.25) is 9.89 Å². The van der Waals surface area contributed by atoms with Gasteiger partial charge in [0.25, 0.3) is 5.91 Å². The van der Waals surface area contributed by atoms with Crippen LogP contribution in [0.25, 0.3) is 0 Å². The first kappa shape index (κ1) is 17.2. The zero-order valence-electron chi connectivity index (χ0n) is 12.9. The molecule has 134 valence electrons. The zero-order valence-corrected chi connectivity index (χ0v) is 12.9. The number of halogens is 3. The Balaban J connectivity index is 1.66. The highest BCUT2D eigenvalue weighted by molar-refractivity contribution is 5.92. The van der Waals surface area contributed by atoms with Crippen molar-refractivity contribution in [3.05, 3.63) is 41.9 Å². The SMILES string of the molecule is O=C(N[C@@H]1COCC[C@H]1Oc1ccccn1)c1cc(C(F)(F)F)[nH]n1. The minimum atomic E-state index is -4.59. The number of amides is 1. The quantitative estimate of drug-likeness (QED) is 0.872. The number of H-pyrrole nitrogens is 1. The average Bonchev–Trinajstić information content (AvgIpc) is 3.08. The largest absolute Gasteiger partial charge is 0.472 e. The minimum Gasteiger partial charge on any atom is -0.472 e. The van der Waals surface area contributed by atoms with Crippen molar-refractivity contribution in [2.75, 3.05) is 13.2 Å². The lowest BCUT2D eigenvalue weighted by molar-refractivity contribution is -0.141. The Bertz CT molecular complexity index is 720. The lowest BCUT2D eigenvalue weighted by atomic mass is 10.1. The van der Waals surface area contributed by atoms with Crippen LogP contribution in [-0.2, 0) is 10.9 Å². The highest BCUT2D eigenvalue weighted by Crippen LogP contribution is 2.27. The van der Waals surface area contributed by atoms with Crippen LogP contribution in [0.15, 0.2) is 30.5 Å². The molecule has 0 radical (unpaired) electrons. The van der Waals surface area contributed by atoms with Crippen molar-refractivity contribution in [3.63, 3.8) is 0 Å². The van der Waals surface area contributed by atoms with Gasteiger partial charge in [0.2, 0.25) is 5.88 Å². The van der Waals surface area contributed by atoms with E-state index in [0.29, 0.717) is 25.0 Å². The third-order valence-electron chi connectivity index (χ3n) is 3.64. The van der Waals surface area contributed by atoms with E-state index in [4.69, 9.17) is 9.47 Å². The van der Waals surface area contributed by atoms with Gasteiger partial charge in [0, 0.05) is 24.8 Å². The van der Waals surface area contributed by atoms with E-state index in [-0.39, 0.29) is 12.3 Å². The summed E-state index contributed by atoms with van der Waals surface area (Å²) in [4.78, 5) is 16.2. The number of aromatic amines is 1. The molecule has 3 heterocycles. The van der Waals surface area contributed by atoms with Crippen LogP contribution < -0.4 is 10.1 Å². The molecule has 1 fully saturated rings. The third-order valence-corrected chi connectivity index (χ3v) is 3.64. The standard InChI is InChI=1S/C15H15F3N4O3/c16-15(17,18)12-7-9(21-22-12)14(23)20-10-8-24-6-4-11(10)25-13-3-1-2-5-19-13/h1-3,5,7,10-11H,4,6,8H2,(H,20,23)(H,21,22)/t10-,11-/m1/s1. The number of hydrogen-bond acceptors (Lipinski definition) is 5. The first-order valence-electron chi connectivity index (χ1n) is 7.52. The second-order valence-electron chi connectivity index (χ2n) is 5.43. The van der Waals surface area contributed by atoms with Crippen molar-refractivity contribution in [3.8, 4) is 5.88 Å². The Hall–Kier alpha value is -2.62. The molecule has 0 saturated carbocycles. The fraction of sp³-hybridized carbons (Fsp3) is 0.400.